The fourth-order valence-corrected chi connectivity index (χ4v) is 4.11. The summed E-state index contributed by atoms with van der Waals surface area (Å²) in [5, 5.41) is 9.97. The van der Waals surface area contributed by atoms with Gasteiger partial charge in [-0.05, 0) is 38.1 Å². The molecule has 0 bridgehead atoms. The molecule has 0 atom stereocenters. The highest BCUT2D eigenvalue weighted by Crippen LogP contribution is 2.29. The van der Waals surface area contributed by atoms with Crippen LogP contribution in [0.2, 0.25) is 0 Å². The molecular weight excluding hydrogens is 368 g/mol. The molecule has 0 spiro atoms. The summed E-state index contributed by atoms with van der Waals surface area (Å²) in [6, 6.07) is 7.18. The maximum Gasteiger partial charge on any atom is 0.228 e. The van der Waals surface area contributed by atoms with Gasteiger partial charge in [-0.25, -0.2) is 9.97 Å². The van der Waals surface area contributed by atoms with Gasteiger partial charge in [0.25, 0.3) is 0 Å². The van der Waals surface area contributed by atoms with Crippen molar-refractivity contribution in [3.05, 3.63) is 30.6 Å². The smallest absolute Gasteiger partial charge is 0.228 e. The number of benzene rings is 1. The van der Waals surface area contributed by atoms with E-state index in [9.17, 15) is 5.11 Å². The van der Waals surface area contributed by atoms with Gasteiger partial charge in [-0.15, -0.1) is 0 Å². The Hall–Kier alpha value is -2.71. The van der Waals surface area contributed by atoms with Crippen molar-refractivity contribution in [3.8, 4) is 17.0 Å². The Bertz CT molecular complexity index is 992. The molecule has 5 rings (SSSR count). The molecule has 1 N–H and O–H groups in total. The Labute approximate surface area is 169 Å². The molecule has 0 unspecified atom stereocenters. The minimum atomic E-state index is 0.218. The SMILES string of the molecule is Oc1cccc(-c2nc(N3CCOCC3)nc3c2ncn3CCN2CCCC2)c1. The third-order valence-corrected chi connectivity index (χ3v) is 5.72. The van der Waals surface area contributed by atoms with Gasteiger partial charge in [-0.2, -0.15) is 4.98 Å². The van der Waals surface area contributed by atoms with Crippen LogP contribution in [0, 0.1) is 0 Å². The number of phenols is 1. The minimum Gasteiger partial charge on any atom is -0.508 e. The van der Waals surface area contributed by atoms with E-state index >= 15 is 0 Å². The zero-order valence-electron chi connectivity index (χ0n) is 16.5. The fraction of sp³-hybridized carbons (Fsp3) is 0.476. The van der Waals surface area contributed by atoms with Crippen molar-refractivity contribution in [2.24, 2.45) is 0 Å². The van der Waals surface area contributed by atoms with Gasteiger partial charge < -0.3 is 24.2 Å². The summed E-state index contributed by atoms with van der Waals surface area (Å²) in [4.78, 5) is 19.0. The molecule has 2 aliphatic heterocycles. The van der Waals surface area contributed by atoms with Gasteiger partial charge >= 0.3 is 0 Å². The van der Waals surface area contributed by atoms with Crippen LogP contribution in [0.5, 0.6) is 5.75 Å². The van der Waals surface area contributed by atoms with Crippen LogP contribution in [0.15, 0.2) is 30.6 Å². The number of anilines is 1. The Morgan fingerprint density at radius 2 is 1.83 bits per heavy atom. The lowest BCUT2D eigenvalue weighted by Crippen LogP contribution is -2.37. The van der Waals surface area contributed by atoms with Crippen LogP contribution in [0.25, 0.3) is 22.4 Å². The highest BCUT2D eigenvalue weighted by Gasteiger charge is 2.21. The van der Waals surface area contributed by atoms with E-state index in [2.05, 4.69) is 19.4 Å². The molecule has 2 saturated heterocycles. The molecule has 0 radical (unpaired) electrons. The Morgan fingerprint density at radius 1 is 1.00 bits per heavy atom. The zero-order valence-corrected chi connectivity index (χ0v) is 16.5. The standard InChI is InChI=1S/C21H26N6O2/c28-17-5-3-4-16(14-17)18-19-20(24-21(23-18)26-10-12-29-13-11-26)27(15-22-19)9-8-25-6-1-2-7-25/h3-5,14-15,28H,1-2,6-13H2. The first kappa shape index (κ1) is 18.3. The van der Waals surface area contributed by atoms with Gasteiger partial charge in [0.15, 0.2) is 5.65 Å². The second-order valence-electron chi connectivity index (χ2n) is 7.68. The van der Waals surface area contributed by atoms with E-state index in [4.69, 9.17) is 14.7 Å². The Morgan fingerprint density at radius 3 is 2.62 bits per heavy atom. The average molecular weight is 394 g/mol. The van der Waals surface area contributed by atoms with Crippen molar-refractivity contribution in [1.82, 2.24) is 24.4 Å². The van der Waals surface area contributed by atoms with Gasteiger partial charge in [-0.3, -0.25) is 0 Å². The number of aromatic nitrogens is 4. The second-order valence-corrected chi connectivity index (χ2v) is 7.68. The monoisotopic (exact) mass is 394 g/mol. The van der Waals surface area contributed by atoms with Crippen molar-refractivity contribution in [2.75, 3.05) is 50.8 Å². The van der Waals surface area contributed by atoms with Crippen LogP contribution in [0.3, 0.4) is 0 Å². The number of nitrogens with zero attached hydrogens (tertiary/aromatic N) is 6. The summed E-state index contributed by atoms with van der Waals surface area (Å²) in [6.07, 6.45) is 4.44. The first-order valence-corrected chi connectivity index (χ1v) is 10.4. The van der Waals surface area contributed by atoms with Gasteiger partial charge in [-0.1, -0.05) is 12.1 Å². The Balaban J connectivity index is 1.56. The predicted molar refractivity (Wildman–Crippen MR) is 111 cm³/mol. The van der Waals surface area contributed by atoms with Crippen LogP contribution in [-0.2, 0) is 11.3 Å². The molecule has 8 nitrogen and oxygen atoms in total. The number of morpholine rings is 1. The average Bonchev–Trinajstić information content (AvgIpc) is 3.42. The number of phenolic OH excluding ortho intramolecular Hbond substituents is 1. The topological polar surface area (TPSA) is 79.5 Å². The normalized spacial score (nSPS) is 18.0. The maximum atomic E-state index is 9.97. The van der Waals surface area contributed by atoms with Crippen LogP contribution < -0.4 is 4.90 Å². The molecule has 2 aromatic heterocycles. The van der Waals surface area contributed by atoms with Gasteiger partial charge in [0.2, 0.25) is 5.95 Å². The molecule has 0 aliphatic carbocycles. The summed E-state index contributed by atoms with van der Waals surface area (Å²) >= 11 is 0. The summed E-state index contributed by atoms with van der Waals surface area (Å²) in [5.41, 5.74) is 3.22. The molecule has 2 aliphatic rings. The van der Waals surface area contributed by atoms with E-state index in [1.54, 1.807) is 12.1 Å². The number of fused-ring (bicyclic) bond motifs is 1. The lowest BCUT2D eigenvalue weighted by Gasteiger charge is -2.27. The largest absolute Gasteiger partial charge is 0.508 e. The van der Waals surface area contributed by atoms with Crippen molar-refractivity contribution in [2.45, 2.75) is 19.4 Å². The fourth-order valence-electron chi connectivity index (χ4n) is 4.11. The van der Waals surface area contributed by atoms with Crippen LogP contribution in [-0.4, -0.2) is 75.5 Å². The molecule has 0 saturated carbocycles. The molecule has 2 fully saturated rings. The maximum absolute atomic E-state index is 9.97. The van der Waals surface area contributed by atoms with Crippen LogP contribution in [0.4, 0.5) is 5.95 Å². The summed E-state index contributed by atoms with van der Waals surface area (Å²) < 4.78 is 7.62. The molecule has 1 aromatic carbocycles. The quantitative estimate of drug-likeness (QED) is 0.710. The van der Waals surface area contributed by atoms with E-state index in [1.807, 2.05) is 18.5 Å². The molecule has 8 heteroatoms. The number of hydrogen-bond donors (Lipinski definition) is 1. The predicted octanol–water partition coefficient (Wildman–Crippen LogP) is 2.13. The summed E-state index contributed by atoms with van der Waals surface area (Å²) in [6.45, 7) is 7.11. The van der Waals surface area contributed by atoms with Crippen molar-refractivity contribution < 1.29 is 9.84 Å². The number of imidazole rings is 1. The Kier molecular flexibility index (Phi) is 5.03. The number of ether oxygens (including phenoxy) is 1. The van der Waals surface area contributed by atoms with E-state index in [0.29, 0.717) is 19.2 Å². The number of likely N-dealkylation sites (tertiary alicyclic amines) is 1. The highest BCUT2D eigenvalue weighted by atomic mass is 16.5. The lowest BCUT2D eigenvalue weighted by atomic mass is 10.1. The highest BCUT2D eigenvalue weighted by molar-refractivity contribution is 5.88. The van der Waals surface area contributed by atoms with E-state index in [1.165, 1.54) is 25.9 Å². The molecule has 29 heavy (non-hydrogen) atoms. The molecular formula is C21H26N6O2. The van der Waals surface area contributed by atoms with Crippen molar-refractivity contribution >= 4 is 17.1 Å². The molecule has 152 valence electrons. The number of rotatable bonds is 5. The zero-order chi connectivity index (χ0) is 19.6. The first-order valence-electron chi connectivity index (χ1n) is 10.4. The summed E-state index contributed by atoms with van der Waals surface area (Å²) in [7, 11) is 0. The third kappa shape index (κ3) is 3.77. The third-order valence-electron chi connectivity index (χ3n) is 5.72. The van der Waals surface area contributed by atoms with E-state index < -0.39 is 0 Å². The molecule has 4 heterocycles. The van der Waals surface area contributed by atoms with Crippen molar-refractivity contribution in [1.29, 1.82) is 0 Å². The van der Waals surface area contributed by atoms with Crippen LogP contribution >= 0.6 is 0 Å². The minimum absolute atomic E-state index is 0.218. The van der Waals surface area contributed by atoms with Gasteiger partial charge in [0, 0.05) is 31.7 Å². The number of hydrogen-bond acceptors (Lipinski definition) is 7. The molecule has 0 amide bonds. The summed E-state index contributed by atoms with van der Waals surface area (Å²) in [5.74, 6) is 0.915. The number of aromatic hydroxyl groups is 1. The second kappa shape index (κ2) is 7.96. The van der Waals surface area contributed by atoms with E-state index in [-0.39, 0.29) is 5.75 Å². The van der Waals surface area contributed by atoms with Crippen LogP contribution in [0.1, 0.15) is 12.8 Å². The van der Waals surface area contributed by atoms with Gasteiger partial charge in [0.05, 0.1) is 19.5 Å². The van der Waals surface area contributed by atoms with Gasteiger partial charge in [0.1, 0.15) is 17.0 Å². The van der Waals surface area contributed by atoms with Crippen molar-refractivity contribution in [3.63, 3.8) is 0 Å². The van der Waals surface area contributed by atoms with E-state index in [0.717, 1.165) is 48.6 Å². The first-order chi connectivity index (χ1) is 14.3. The molecule has 3 aromatic rings. The lowest BCUT2D eigenvalue weighted by molar-refractivity contribution is 0.122.